The van der Waals surface area contributed by atoms with Crippen molar-refractivity contribution in [1.82, 2.24) is 5.32 Å². The van der Waals surface area contributed by atoms with E-state index < -0.39 is 5.97 Å². The van der Waals surface area contributed by atoms with Crippen molar-refractivity contribution in [3.8, 4) is 5.75 Å². The fourth-order valence-electron chi connectivity index (χ4n) is 2.57. The molecule has 2 rings (SSSR count). The second kappa shape index (κ2) is 7.29. The molecule has 0 saturated heterocycles. The highest BCUT2D eigenvalue weighted by Gasteiger charge is 2.30. The fourth-order valence-corrected chi connectivity index (χ4v) is 2.57. The molecule has 0 unspecified atom stereocenters. The molecule has 1 aliphatic carbocycles. The van der Waals surface area contributed by atoms with Gasteiger partial charge in [0.2, 0.25) is 0 Å². The Bertz CT molecular complexity index is 524. The highest BCUT2D eigenvalue weighted by Crippen LogP contribution is 2.26. The molecule has 0 aliphatic heterocycles. The average Bonchev–Trinajstić information content (AvgIpc) is 2.94. The van der Waals surface area contributed by atoms with Gasteiger partial charge < -0.3 is 15.2 Å². The topological polar surface area (TPSA) is 75.6 Å². The van der Waals surface area contributed by atoms with Crippen LogP contribution in [0, 0.1) is 11.8 Å². The van der Waals surface area contributed by atoms with E-state index >= 15 is 0 Å². The molecule has 0 heterocycles. The summed E-state index contributed by atoms with van der Waals surface area (Å²) in [4.78, 5) is 23.1. The number of rotatable bonds is 6. The third-order valence-corrected chi connectivity index (χ3v) is 3.82. The molecule has 2 atom stereocenters. The van der Waals surface area contributed by atoms with Crippen LogP contribution in [0.3, 0.4) is 0 Å². The molecule has 0 radical (unpaired) electrons. The molecule has 1 amide bonds. The maximum atomic E-state index is 12.2. The van der Waals surface area contributed by atoms with Crippen molar-refractivity contribution in [2.24, 2.45) is 11.8 Å². The number of benzene rings is 1. The van der Waals surface area contributed by atoms with Crippen LogP contribution in [-0.4, -0.2) is 29.6 Å². The number of carboxylic acid groups (broad SMARTS) is 1. The van der Waals surface area contributed by atoms with Gasteiger partial charge >= 0.3 is 5.97 Å². The molecule has 0 bridgehead atoms. The van der Waals surface area contributed by atoms with E-state index in [0.29, 0.717) is 30.9 Å². The summed E-state index contributed by atoms with van der Waals surface area (Å²) in [5.41, 5.74) is 0.565. The van der Waals surface area contributed by atoms with Gasteiger partial charge in [0, 0.05) is 11.6 Å². The second-order valence-electron chi connectivity index (χ2n) is 6.25. The molecule has 1 aromatic carbocycles. The first kappa shape index (κ1) is 16.3. The van der Waals surface area contributed by atoms with Crippen molar-refractivity contribution in [2.75, 3.05) is 6.61 Å². The molecule has 1 aliphatic rings. The van der Waals surface area contributed by atoms with Crippen molar-refractivity contribution in [3.05, 3.63) is 29.8 Å². The third-order valence-electron chi connectivity index (χ3n) is 3.82. The van der Waals surface area contributed by atoms with Gasteiger partial charge in [-0.1, -0.05) is 13.8 Å². The number of hydrogen-bond acceptors (Lipinski definition) is 3. The minimum absolute atomic E-state index is 0.0505. The van der Waals surface area contributed by atoms with E-state index in [0.717, 1.165) is 12.2 Å². The van der Waals surface area contributed by atoms with Crippen molar-refractivity contribution < 1.29 is 19.4 Å². The predicted molar refractivity (Wildman–Crippen MR) is 83.0 cm³/mol. The Kier molecular flexibility index (Phi) is 5.41. The smallest absolute Gasteiger partial charge is 0.306 e. The Morgan fingerprint density at radius 3 is 2.50 bits per heavy atom. The summed E-state index contributed by atoms with van der Waals surface area (Å²) in [6, 6.07) is 6.98. The first-order valence-corrected chi connectivity index (χ1v) is 7.72. The highest BCUT2D eigenvalue weighted by molar-refractivity contribution is 5.94. The molecule has 1 aromatic rings. The van der Waals surface area contributed by atoms with E-state index in [1.807, 2.05) is 0 Å². The van der Waals surface area contributed by atoms with Crippen molar-refractivity contribution in [2.45, 2.75) is 39.2 Å². The largest absolute Gasteiger partial charge is 0.493 e. The van der Waals surface area contributed by atoms with E-state index in [9.17, 15) is 9.59 Å². The molecule has 0 spiro atoms. The van der Waals surface area contributed by atoms with Gasteiger partial charge in [-0.25, -0.2) is 0 Å². The molecule has 5 nitrogen and oxygen atoms in total. The summed E-state index contributed by atoms with van der Waals surface area (Å²) < 4.78 is 5.58. The van der Waals surface area contributed by atoms with Crippen LogP contribution in [0.1, 0.15) is 43.5 Å². The van der Waals surface area contributed by atoms with Crippen LogP contribution >= 0.6 is 0 Å². The number of amides is 1. The zero-order valence-electron chi connectivity index (χ0n) is 13.0. The van der Waals surface area contributed by atoms with Crippen LogP contribution in [0.2, 0.25) is 0 Å². The van der Waals surface area contributed by atoms with Gasteiger partial charge in [0.05, 0.1) is 12.5 Å². The minimum atomic E-state index is -0.775. The van der Waals surface area contributed by atoms with Gasteiger partial charge in [-0.05, 0) is 49.4 Å². The van der Waals surface area contributed by atoms with Crippen LogP contribution in [0.4, 0.5) is 0 Å². The van der Waals surface area contributed by atoms with E-state index in [-0.39, 0.29) is 17.9 Å². The Labute approximate surface area is 130 Å². The average molecular weight is 305 g/mol. The minimum Gasteiger partial charge on any atom is -0.493 e. The summed E-state index contributed by atoms with van der Waals surface area (Å²) in [7, 11) is 0. The second-order valence-corrected chi connectivity index (χ2v) is 6.25. The third kappa shape index (κ3) is 4.48. The first-order chi connectivity index (χ1) is 10.5. The molecule has 22 heavy (non-hydrogen) atoms. The quantitative estimate of drug-likeness (QED) is 0.847. The van der Waals surface area contributed by atoms with Crippen molar-refractivity contribution in [1.29, 1.82) is 0 Å². The number of nitrogens with one attached hydrogen (secondary N) is 1. The lowest BCUT2D eigenvalue weighted by Gasteiger charge is -2.13. The van der Waals surface area contributed by atoms with Crippen molar-refractivity contribution in [3.63, 3.8) is 0 Å². The van der Waals surface area contributed by atoms with Crippen molar-refractivity contribution >= 4 is 11.9 Å². The maximum absolute atomic E-state index is 12.2. The van der Waals surface area contributed by atoms with Crippen LogP contribution in [0.15, 0.2) is 24.3 Å². The van der Waals surface area contributed by atoms with E-state index in [4.69, 9.17) is 9.84 Å². The van der Waals surface area contributed by atoms with Crippen LogP contribution < -0.4 is 10.1 Å². The number of carbonyl (C=O) groups excluding carboxylic acids is 1. The summed E-state index contributed by atoms with van der Waals surface area (Å²) in [6.45, 7) is 4.80. The number of aliphatic carboxylic acids is 1. The van der Waals surface area contributed by atoms with E-state index in [1.54, 1.807) is 24.3 Å². The summed E-state index contributed by atoms with van der Waals surface area (Å²) in [6.07, 6.45) is 1.86. The molecule has 0 aromatic heterocycles. The van der Waals surface area contributed by atoms with E-state index in [1.165, 1.54) is 0 Å². The first-order valence-electron chi connectivity index (χ1n) is 7.72. The molecule has 1 fully saturated rings. The van der Waals surface area contributed by atoms with Crippen LogP contribution in [-0.2, 0) is 4.79 Å². The van der Waals surface area contributed by atoms with Gasteiger partial charge in [-0.15, -0.1) is 0 Å². The standard InChI is InChI=1S/C17H23NO4/c1-11(2)10-22-15-7-4-12(5-8-15)16(19)18-14-6-3-13(9-14)17(20)21/h4-5,7-8,11,13-14H,3,6,9-10H2,1-2H3,(H,18,19)(H,20,21)/t13-,14+/m0/s1. The molecular weight excluding hydrogens is 282 g/mol. The summed E-state index contributed by atoms with van der Waals surface area (Å²) in [5, 5.41) is 11.9. The Morgan fingerprint density at radius 2 is 1.95 bits per heavy atom. The van der Waals surface area contributed by atoms with Gasteiger partial charge in [-0.3, -0.25) is 9.59 Å². The normalized spacial score (nSPS) is 20.9. The number of hydrogen-bond donors (Lipinski definition) is 2. The number of carbonyl (C=O) groups is 2. The van der Waals surface area contributed by atoms with Gasteiger partial charge in [-0.2, -0.15) is 0 Å². The monoisotopic (exact) mass is 305 g/mol. The fraction of sp³-hybridized carbons (Fsp3) is 0.529. The zero-order valence-corrected chi connectivity index (χ0v) is 13.0. The summed E-state index contributed by atoms with van der Waals surface area (Å²) in [5.74, 6) is -0.0726. The molecule has 5 heteroatoms. The lowest BCUT2D eigenvalue weighted by Crippen LogP contribution is -2.33. The summed E-state index contributed by atoms with van der Waals surface area (Å²) >= 11 is 0. The SMILES string of the molecule is CC(C)COc1ccc(C(=O)N[C@@H]2CC[C@H](C(=O)O)C2)cc1. The molecule has 2 N–H and O–H groups in total. The molecule has 120 valence electrons. The van der Waals surface area contributed by atoms with Gasteiger partial charge in [0.1, 0.15) is 5.75 Å². The predicted octanol–water partition coefficient (Wildman–Crippen LogP) is 2.70. The van der Waals surface area contributed by atoms with Gasteiger partial charge in [0.25, 0.3) is 5.91 Å². The maximum Gasteiger partial charge on any atom is 0.306 e. The number of carboxylic acids is 1. The lowest BCUT2D eigenvalue weighted by molar-refractivity contribution is -0.141. The zero-order chi connectivity index (χ0) is 16.1. The van der Waals surface area contributed by atoms with E-state index in [2.05, 4.69) is 19.2 Å². The van der Waals surface area contributed by atoms with Crippen LogP contribution in [0.25, 0.3) is 0 Å². The lowest BCUT2D eigenvalue weighted by atomic mass is 10.1. The van der Waals surface area contributed by atoms with Gasteiger partial charge in [0.15, 0.2) is 0 Å². The Balaban J connectivity index is 1.86. The highest BCUT2D eigenvalue weighted by atomic mass is 16.5. The number of ether oxygens (including phenoxy) is 1. The Morgan fingerprint density at radius 1 is 1.27 bits per heavy atom. The molecular formula is C17H23NO4. The van der Waals surface area contributed by atoms with Crippen LogP contribution in [0.5, 0.6) is 5.75 Å². The molecule has 1 saturated carbocycles. The Hall–Kier alpha value is -2.04.